The number of halogens is 1. The minimum Gasteiger partial charge on any atom is -0.356 e. The molecule has 7 heteroatoms. The van der Waals surface area contributed by atoms with E-state index in [-0.39, 0.29) is 22.5 Å². The van der Waals surface area contributed by atoms with Crippen LogP contribution < -0.4 is 5.32 Å². The van der Waals surface area contributed by atoms with Crippen LogP contribution in [0.25, 0.3) is 0 Å². The summed E-state index contributed by atoms with van der Waals surface area (Å²) in [6.45, 7) is 2.07. The molecule has 2 atom stereocenters. The van der Waals surface area contributed by atoms with Crippen LogP contribution in [-0.2, 0) is 9.05 Å². The molecule has 1 heterocycles. The smallest absolute Gasteiger partial charge is 0.267 e. The van der Waals surface area contributed by atoms with Crippen LogP contribution in [0.15, 0.2) is 17.2 Å². The predicted molar refractivity (Wildman–Crippen MR) is 63.5 cm³/mol. The summed E-state index contributed by atoms with van der Waals surface area (Å²) >= 11 is 0. The van der Waals surface area contributed by atoms with E-state index < -0.39 is 9.05 Å². The van der Waals surface area contributed by atoms with Crippen molar-refractivity contribution in [1.82, 2.24) is 10.3 Å². The Balaban J connectivity index is 2.03. The third kappa shape index (κ3) is 2.81. The first-order chi connectivity index (χ1) is 7.91. The van der Waals surface area contributed by atoms with E-state index in [1.807, 2.05) is 0 Å². The third-order valence-corrected chi connectivity index (χ3v) is 4.28. The van der Waals surface area contributed by atoms with Gasteiger partial charge in [0.25, 0.3) is 15.0 Å². The van der Waals surface area contributed by atoms with Crippen molar-refractivity contribution >= 4 is 25.6 Å². The van der Waals surface area contributed by atoms with Crippen LogP contribution in [-0.4, -0.2) is 25.4 Å². The van der Waals surface area contributed by atoms with Gasteiger partial charge in [0.15, 0.2) is 0 Å². The Morgan fingerprint density at radius 3 is 2.82 bits per heavy atom. The van der Waals surface area contributed by atoms with Gasteiger partial charge in [0.05, 0.1) is 0 Å². The standard InChI is InChI=1S/C10H13ClN2O3S/c1-2-6-3-8(6)13-10(14)9-4-7(5-12-9)17(11,15)16/h4-6,8,12H,2-3H2,1H3,(H,13,14). The van der Waals surface area contributed by atoms with Gasteiger partial charge in [0.1, 0.15) is 10.6 Å². The van der Waals surface area contributed by atoms with Crippen molar-refractivity contribution < 1.29 is 13.2 Å². The summed E-state index contributed by atoms with van der Waals surface area (Å²) in [5.41, 5.74) is 0.214. The summed E-state index contributed by atoms with van der Waals surface area (Å²) in [5, 5.41) is 2.83. The summed E-state index contributed by atoms with van der Waals surface area (Å²) < 4.78 is 22.0. The van der Waals surface area contributed by atoms with Crippen molar-refractivity contribution in [2.75, 3.05) is 0 Å². The topological polar surface area (TPSA) is 79.0 Å². The summed E-state index contributed by atoms with van der Waals surface area (Å²) in [6.07, 6.45) is 3.24. The fourth-order valence-corrected chi connectivity index (χ4v) is 2.49. The lowest BCUT2D eigenvalue weighted by atomic mass is 10.3. The number of carbonyl (C=O) groups excluding carboxylic acids is 1. The van der Waals surface area contributed by atoms with Crippen molar-refractivity contribution in [3.8, 4) is 0 Å². The molecule has 0 bridgehead atoms. The van der Waals surface area contributed by atoms with Gasteiger partial charge < -0.3 is 10.3 Å². The number of carbonyl (C=O) groups is 1. The van der Waals surface area contributed by atoms with Gasteiger partial charge in [0.2, 0.25) is 0 Å². The molecule has 17 heavy (non-hydrogen) atoms. The number of aromatic amines is 1. The molecule has 0 radical (unpaired) electrons. The van der Waals surface area contributed by atoms with E-state index in [4.69, 9.17) is 10.7 Å². The molecule has 94 valence electrons. The minimum atomic E-state index is -3.78. The zero-order valence-electron chi connectivity index (χ0n) is 9.23. The van der Waals surface area contributed by atoms with E-state index in [2.05, 4.69) is 17.2 Å². The Kier molecular flexibility index (Phi) is 3.18. The highest BCUT2D eigenvalue weighted by atomic mass is 35.7. The molecule has 0 aromatic carbocycles. The van der Waals surface area contributed by atoms with Crippen molar-refractivity contribution in [3.63, 3.8) is 0 Å². The maximum Gasteiger partial charge on any atom is 0.267 e. The first-order valence-electron chi connectivity index (χ1n) is 5.35. The lowest BCUT2D eigenvalue weighted by Crippen LogP contribution is -2.27. The number of hydrogen-bond acceptors (Lipinski definition) is 3. The summed E-state index contributed by atoms with van der Waals surface area (Å²) in [4.78, 5) is 14.2. The highest BCUT2D eigenvalue weighted by molar-refractivity contribution is 8.13. The Hall–Kier alpha value is -1.01. The molecule has 0 aliphatic heterocycles. The Morgan fingerprint density at radius 1 is 1.65 bits per heavy atom. The minimum absolute atomic E-state index is 0.0906. The second-order valence-electron chi connectivity index (χ2n) is 4.17. The zero-order valence-corrected chi connectivity index (χ0v) is 10.8. The second-order valence-corrected chi connectivity index (χ2v) is 6.74. The van der Waals surface area contributed by atoms with E-state index in [0.717, 1.165) is 12.8 Å². The molecule has 1 aromatic heterocycles. The molecule has 1 saturated carbocycles. The van der Waals surface area contributed by atoms with E-state index in [0.29, 0.717) is 5.92 Å². The molecule has 2 unspecified atom stereocenters. The van der Waals surface area contributed by atoms with Gasteiger partial charge in [0, 0.05) is 22.9 Å². The van der Waals surface area contributed by atoms with Crippen LogP contribution in [0.5, 0.6) is 0 Å². The molecule has 2 N–H and O–H groups in total. The third-order valence-electron chi connectivity index (χ3n) is 2.95. The average Bonchev–Trinajstić information content (AvgIpc) is 2.79. The van der Waals surface area contributed by atoms with Crippen LogP contribution in [0.2, 0.25) is 0 Å². The molecule has 1 aliphatic carbocycles. The van der Waals surface area contributed by atoms with Gasteiger partial charge in [-0.05, 0) is 18.4 Å². The van der Waals surface area contributed by atoms with Crippen molar-refractivity contribution in [2.45, 2.75) is 30.7 Å². The number of rotatable bonds is 4. The molecule has 1 amide bonds. The monoisotopic (exact) mass is 276 g/mol. The number of H-pyrrole nitrogens is 1. The van der Waals surface area contributed by atoms with E-state index in [9.17, 15) is 13.2 Å². The van der Waals surface area contributed by atoms with Crippen LogP contribution in [0.3, 0.4) is 0 Å². The quantitative estimate of drug-likeness (QED) is 0.818. The number of amides is 1. The highest BCUT2D eigenvalue weighted by Crippen LogP contribution is 2.33. The summed E-state index contributed by atoms with van der Waals surface area (Å²) in [5.74, 6) is 0.252. The summed E-state index contributed by atoms with van der Waals surface area (Å²) in [6, 6.07) is 1.45. The van der Waals surface area contributed by atoms with E-state index in [1.54, 1.807) is 0 Å². The van der Waals surface area contributed by atoms with Crippen LogP contribution >= 0.6 is 10.7 Å². The van der Waals surface area contributed by atoms with Gasteiger partial charge in [-0.25, -0.2) is 8.42 Å². The van der Waals surface area contributed by atoms with Crippen LogP contribution in [0, 0.1) is 5.92 Å². The fourth-order valence-electron chi connectivity index (χ4n) is 1.77. The first-order valence-corrected chi connectivity index (χ1v) is 7.66. The Bertz CT molecular complexity index is 538. The SMILES string of the molecule is CCC1CC1NC(=O)c1cc(S(=O)(=O)Cl)c[nH]1. The average molecular weight is 277 g/mol. The molecule has 5 nitrogen and oxygen atoms in total. The molecule has 0 saturated heterocycles. The van der Waals surface area contributed by atoms with E-state index in [1.165, 1.54) is 12.3 Å². The van der Waals surface area contributed by atoms with Crippen molar-refractivity contribution in [3.05, 3.63) is 18.0 Å². The first kappa shape index (κ1) is 12.4. The molecule has 0 spiro atoms. The van der Waals surface area contributed by atoms with Crippen molar-refractivity contribution in [2.24, 2.45) is 5.92 Å². The molecular formula is C10H13ClN2O3S. The second kappa shape index (κ2) is 4.34. The lowest BCUT2D eigenvalue weighted by Gasteiger charge is -2.01. The number of hydrogen-bond donors (Lipinski definition) is 2. The normalized spacial score (nSPS) is 23.4. The van der Waals surface area contributed by atoms with Crippen molar-refractivity contribution in [1.29, 1.82) is 0 Å². The van der Waals surface area contributed by atoms with Gasteiger partial charge in [-0.2, -0.15) is 0 Å². The molecule has 1 aliphatic rings. The maximum atomic E-state index is 11.7. The van der Waals surface area contributed by atoms with Crippen LogP contribution in [0.1, 0.15) is 30.3 Å². The molecule has 1 fully saturated rings. The van der Waals surface area contributed by atoms with Gasteiger partial charge in [-0.15, -0.1) is 0 Å². The Morgan fingerprint density at radius 2 is 2.35 bits per heavy atom. The lowest BCUT2D eigenvalue weighted by molar-refractivity contribution is 0.0944. The summed E-state index contributed by atoms with van der Waals surface area (Å²) in [7, 11) is 1.38. The zero-order chi connectivity index (χ0) is 12.6. The predicted octanol–water partition coefficient (Wildman–Crippen LogP) is 1.47. The van der Waals surface area contributed by atoms with Crippen LogP contribution in [0.4, 0.5) is 0 Å². The maximum absolute atomic E-state index is 11.7. The number of aromatic nitrogens is 1. The Labute approximate surface area is 104 Å². The molecule has 1 aromatic rings. The molecule has 2 rings (SSSR count). The fraction of sp³-hybridized carbons (Fsp3) is 0.500. The highest BCUT2D eigenvalue weighted by Gasteiger charge is 2.36. The van der Waals surface area contributed by atoms with E-state index >= 15 is 0 Å². The largest absolute Gasteiger partial charge is 0.356 e. The van der Waals surface area contributed by atoms with Gasteiger partial charge in [-0.1, -0.05) is 13.3 Å². The van der Waals surface area contributed by atoms with Gasteiger partial charge in [-0.3, -0.25) is 4.79 Å². The van der Waals surface area contributed by atoms with Gasteiger partial charge >= 0.3 is 0 Å². The molecular weight excluding hydrogens is 264 g/mol. The number of nitrogens with one attached hydrogen (secondary N) is 2.